The smallest absolute Gasteiger partial charge is 0.166 e. The van der Waals surface area contributed by atoms with Gasteiger partial charge in [-0.3, -0.25) is 0 Å². The topological polar surface area (TPSA) is 139 Å². The van der Waals surface area contributed by atoms with Crippen molar-refractivity contribution in [3.8, 4) is 97.5 Å². The van der Waals surface area contributed by atoms with E-state index in [-0.39, 0.29) is 5.82 Å². The summed E-state index contributed by atoms with van der Waals surface area (Å²) in [5.74, 6) is 1.03. The molecule has 8 nitrogen and oxygen atoms in total. The van der Waals surface area contributed by atoms with Crippen molar-refractivity contribution >= 4 is 21.8 Å². The van der Waals surface area contributed by atoms with Crippen LogP contribution >= 0.6 is 0 Å². The number of halogens is 1. The lowest BCUT2D eigenvalue weighted by Gasteiger charge is -2.17. The van der Waals surface area contributed by atoms with Crippen LogP contribution in [0.4, 0.5) is 4.39 Å². The second kappa shape index (κ2) is 16.1. The van der Waals surface area contributed by atoms with Crippen LogP contribution in [0.3, 0.4) is 0 Å². The summed E-state index contributed by atoms with van der Waals surface area (Å²) >= 11 is 0. The first-order valence-corrected chi connectivity index (χ1v) is 20.2. The van der Waals surface area contributed by atoms with Crippen molar-refractivity contribution in [3.05, 3.63) is 204 Å². The van der Waals surface area contributed by atoms with Crippen molar-refractivity contribution < 1.29 is 4.39 Å². The molecule has 296 valence electrons. The fraction of sp³-hybridized carbons (Fsp3) is 0. The Morgan fingerprint density at radius 2 is 0.828 bits per heavy atom. The molecule has 0 amide bonds. The Morgan fingerprint density at radius 1 is 0.375 bits per heavy atom. The monoisotopic (exact) mass is 820 g/mol. The molecule has 0 fully saturated rings. The van der Waals surface area contributed by atoms with Crippen LogP contribution in [-0.4, -0.2) is 19.5 Å². The van der Waals surface area contributed by atoms with Crippen molar-refractivity contribution in [1.82, 2.24) is 19.5 Å². The lowest BCUT2D eigenvalue weighted by atomic mass is 9.96. The summed E-state index contributed by atoms with van der Waals surface area (Å²) in [5.41, 5.74) is 10.5. The lowest BCUT2D eigenvalue weighted by Crippen LogP contribution is -2.04. The van der Waals surface area contributed by atoms with E-state index in [9.17, 15) is 25.4 Å². The number of benzene rings is 8. The Labute approximate surface area is 366 Å². The van der Waals surface area contributed by atoms with Gasteiger partial charge in [-0.1, -0.05) is 115 Å². The third-order valence-electron chi connectivity index (χ3n) is 11.3. The minimum Gasteiger partial charge on any atom is -0.308 e. The first-order chi connectivity index (χ1) is 31.4. The highest BCUT2D eigenvalue weighted by Gasteiger charge is 2.22. The molecule has 0 atom stereocenters. The van der Waals surface area contributed by atoms with Gasteiger partial charge in [-0.25, -0.2) is 19.3 Å². The Balaban J connectivity index is 1.32. The molecule has 9 heteroatoms. The summed E-state index contributed by atoms with van der Waals surface area (Å²) in [5, 5.41) is 41.6. The summed E-state index contributed by atoms with van der Waals surface area (Å²) in [7, 11) is 0. The maximum absolute atomic E-state index is 14.3. The van der Waals surface area contributed by atoms with Crippen molar-refractivity contribution in [3.63, 3.8) is 0 Å². The van der Waals surface area contributed by atoms with Crippen LogP contribution in [0.15, 0.2) is 176 Å². The SMILES string of the molecule is N#Cc1ccc(-c2ccc3c4ccc(-c5ccc(C#N)cc5C#N)cc4n(-c4cc(-c5ccc(F)cc5)ccc4-c4nc(-c5ccccc5)nc(-c5ccccc5)n4)c3c2)c(C#N)c1. The van der Waals surface area contributed by atoms with E-state index in [1.165, 1.54) is 12.1 Å². The number of hydrogen-bond acceptors (Lipinski definition) is 7. The van der Waals surface area contributed by atoms with E-state index in [1.807, 2.05) is 115 Å². The average molecular weight is 821 g/mol. The maximum Gasteiger partial charge on any atom is 0.166 e. The molecular formula is C55H29FN8. The summed E-state index contributed by atoms with van der Waals surface area (Å²) in [4.78, 5) is 15.2. The Hall–Kier alpha value is -9.54. The van der Waals surface area contributed by atoms with Crippen LogP contribution in [0.5, 0.6) is 0 Å². The number of nitrogens with zero attached hydrogens (tertiary/aromatic N) is 8. The molecular weight excluding hydrogens is 792 g/mol. The second-order valence-corrected chi connectivity index (χ2v) is 15.0. The first kappa shape index (κ1) is 38.6. The summed E-state index contributed by atoms with van der Waals surface area (Å²) in [6.07, 6.45) is 0. The normalized spacial score (nSPS) is 10.8. The molecule has 2 aromatic heterocycles. The number of hydrogen-bond donors (Lipinski definition) is 0. The van der Waals surface area contributed by atoms with Crippen LogP contribution < -0.4 is 0 Å². The molecule has 0 spiro atoms. The van der Waals surface area contributed by atoms with Crippen LogP contribution in [0.25, 0.3) is 95.0 Å². The molecule has 0 aliphatic rings. The first-order valence-electron chi connectivity index (χ1n) is 20.2. The van der Waals surface area contributed by atoms with Crippen molar-refractivity contribution in [2.75, 3.05) is 0 Å². The largest absolute Gasteiger partial charge is 0.308 e. The van der Waals surface area contributed by atoms with Crippen molar-refractivity contribution in [2.24, 2.45) is 0 Å². The van der Waals surface area contributed by atoms with Gasteiger partial charge in [-0.05, 0) is 94.0 Å². The highest BCUT2D eigenvalue weighted by atomic mass is 19.1. The fourth-order valence-electron chi connectivity index (χ4n) is 8.19. The zero-order valence-corrected chi connectivity index (χ0v) is 33.7. The van der Waals surface area contributed by atoms with Gasteiger partial charge in [0.05, 0.1) is 63.3 Å². The van der Waals surface area contributed by atoms with Gasteiger partial charge in [-0.2, -0.15) is 21.0 Å². The highest BCUT2D eigenvalue weighted by Crippen LogP contribution is 2.42. The molecule has 0 saturated carbocycles. The summed E-state index contributed by atoms with van der Waals surface area (Å²) in [6.45, 7) is 0. The van der Waals surface area contributed by atoms with Crippen molar-refractivity contribution in [2.45, 2.75) is 0 Å². The van der Waals surface area contributed by atoms with Crippen LogP contribution in [0.2, 0.25) is 0 Å². The van der Waals surface area contributed by atoms with E-state index < -0.39 is 0 Å². The van der Waals surface area contributed by atoms with Gasteiger partial charge in [0.15, 0.2) is 17.5 Å². The Bertz CT molecular complexity index is 3470. The van der Waals surface area contributed by atoms with Crippen LogP contribution in [0.1, 0.15) is 22.3 Å². The average Bonchev–Trinajstić information content (AvgIpc) is 3.69. The third kappa shape index (κ3) is 6.94. The fourth-order valence-corrected chi connectivity index (χ4v) is 8.19. The Kier molecular flexibility index (Phi) is 9.75. The molecule has 0 N–H and O–H groups in total. The molecule has 64 heavy (non-hydrogen) atoms. The molecule has 0 aliphatic heterocycles. The Morgan fingerprint density at radius 3 is 1.31 bits per heavy atom. The zero-order chi connectivity index (χ0) is 43.7. The van der Waals surface area contributed by atoms with E-state index in [0.29, 0.717) is 62.1 Å². The molecule has 0 aliphatic carbocycles. The van der Waals surface area contributed by atoms with Gasteiger partial charge >= 0.3 is 0 Å². The van der Waals surface area contributed by atoms with E-state index >= 15 is 0 Å². The van der Waals surface area contributed by atoms with Gasteiger partial charge in [-0.15, -0.1) is 0 Å². The minimum absolute atomic E-state index is 0.353. The van der Waals surface area contributed by atoms with Gasteiger partial charge < -0.3 is 4.57 Å². The summed E-state index contributed by atoms with van der Waals surface area (Å²) < 4.78 is 16.5. The molecule has 0 unspecified atom stereocenters. The molecule has 0 bridgehead atoms. The quantitative estimate of drug-likeness (QED) is 0.156. The molecule has 2 heterocycles. The number of nitriles is 4. The highest BCUT2D eigenvalue weighted by molar-refractivity contribution is 6.12. The zero-order valence-electron chi connectivity index (χ0n) is 33.7. The van der Waals surface area contributed by atoms with Gasteiger partial charge in [0.25, 0.3) is 0 Å². The van der Waals surface area contributed by atoms with E-state index in [2.05, 4.69) is 28.8 Å². The third-order valence-corrected chi connectivity index (χ3v) is 11.3. The van der Waals surface area contributed by atoms with E-state index in [0.717, 1.165) is 55.2 Å². The number of fused-ring (bicyclic) bond motifs is 3. The molecule has 0 radical (unpaired) electrons. The standard InChI is InChI=1S/C55H29FN8/c56-44-18-13-36(14-19-44)39-15-24-49(55-62-53(37-7-3-1-4-8-37)61-54(63-55)38-9-5-2-6-10-38)52(27-39)64-50-28-40(45-20-11-34(30-57)25-42(45)32-59)16-22-47(50)48-23-17-41(29-51(48)64)46-21-12-35(31-58)26-43(46)33-60/h1-29H. The van der Waals surface area contributed by atoms with Crippen LogP contribution in [0, 0.1) is 51.1 Å². The number of aromatic nitrogens is 4. The van der Waals surface area contributed by atoms with Gasteiger partial charge in [0, 0.05) is 27.5 Å². The minimum atomic E-state index is -0.353. The second-order valence-electron chi connectivity index (χ2n) is 15.0. The lowest BCUT2D eigenvalue weighted by molar-refractivity contribution is 0.628. The molecule has 8 aromatic carbocycles. The predicted molar refractivity (Wildman–Crippen MR) is 246 cm³/mol. The molecule has 0 saturated heterocycles. The van der Waals surface area contributed by atoms with E-state index in [4.69, 9.17) is 15.0 Å². The summed E-state index contributed by atoms with van der Waals surface area (Å²) in [6, 6.07) is 62.8. The van der Waals surface area contributed by atoms with Gasteiger partial charge in [0.2, 0.25) is 0 Å². The number of rotatable bonds is 7. The van der Waals surface area contributed by atoms with Crippen molar-refractivity contribution in [1.29, 1.82) is 21.0 Å². The van der Waals surface area contributed by atoms with E-state index in [1.54, 1.807) is 48.5 Å². The van der Waals surface area contributed by atoms with Crippen LogP contribution in [-0.2, 0) is 0 Å². The molecule has 10 rings (SSSR count). The van der Waals surface area contributed by atoms with Gasteiger partial charge in [0.1, 0.15) is 5.82 Å². The predicted octanol–water partition coefficient (Wildman–Crippen LogP) is 12.6. The molecule has 10 aromatic rings. The maximum atomic E-state index is 14.3.